The lowest BCUT2D eigenvalue weighted by atomic mass is 10.3. The first-order valence-electron chi connectivity index (χ1n) is 5.78. The second-order valence-electron chi connectivity index (χ2n) is 4.03. The fourth-order valence-electron chi connectivity index (χ4n) is 1.52. The van der Waals surface area contributed by atoms with Gasteiger partial charge < -0.3 is 15.8 Å². The highest BCUT2D eigenvalue weighted by Crippen LogP contribution is 2.25. The van der Waals surface area contributed by atoms with Crippen LogP contribution >= 0.6 is 15.9 Å². The first-order chi connectivity index (χ1) is 9.54. The van der Waals surface area contributed by atoms with E-state index in [0.717, 1.165) is 4.47 Å². The summed E-state index contributed by atoms with van der Waals surface area (Å²) in [6.45, 7) is -0.177. The van der Waals surface area contributed by atoms with Crippen LogP contribution in [0.5, 0.6) is 5.75 Å². The molecule has 0 aliphatic rings. The largest absolute Gasteiger partial charge is 0.482 e. The molecule has 4 nitrogen and oxygen atoms in total. The van der Waals surface area contributed by atoms with Crippen molar-refractivity contribution in [2.24, 2.45) is 0 Å². The Labute approximate surface area is 123 Å². The molecule has 0 unspecified atom stereocenters. The van der Waals surface area contributed by atoms with Crippen molar-refractivity contribution < 1.29 is 13.9 Å². The van der Waals surface area contributed by atoms with Crippen LogP contribution in [-0.2, 0) is 4.79 Å². The number of anilines is 2. The number of nitrogens with two attached hydrogens (primary N) is 1. The van der Waals surface area contributed by atoms with Crippen LogP contribution in [0.2, 0.25) is 0 Å². The zero-order valence-corrected chi connectivity index (χ0v) is 12.0. The average Bonchev–Trinajstić information content (AvgIpc) is 2.40. The molecule has 0 aliphatic heterocycles. The van der Waals surface area contributed by atoms with Crippen molar-refractivity contribution in [1.29, 1.82) is 0 Å². The third-order valence-corrected chi connectivity index (χ3v) is 2.95. The Hall–Kier alpha value is -2.08. The minimum Gasteiger partial charge on any atom is -0.482 e. The van der Waals surface area contributed by atoms with E-state index < -0.39 is 0 Å². The number of ether oxygens (including phenoxy) is 1. The molecule has 2 rings (SSSR count). The zero-order valence-electron chi connectivity index (χ0n) is 10.4. The molecule has 2 aromatic carbocycles. The Kier molecular flexibility index (Phi) is 4.57. The topological polar surface area (TPSA) is 64.3 Å². The van der Waals surface area contributed by atoms with Crippen molar-refractivity contribution in [2.45, 2.75) is 0 Å². The third-order valence-electron chi connectivity index (χ3n) is 2.46. The third kappa shape index (κ3) is 3.96. The molecule has 0 atom stereocenters. The summed E-state index contributed by atoms with van der Waals surface area (Å²) in [5, 5.41) is 2.59. The molecule has 6 heteroatoms. The molecule has 0 heterocycles. The number of halogens is 2. The van der Waals surface area contributed by atoms with Crippen LogP contribution in [0.4, 0.5) is 15.8 Å². The van der Waals surface area contributed by atoms with Gasteiger partial charge in [0, 0.05) is 10.2 Å². The van der Waals surface area contributed by atoms with Crippen LogP contribution in [-0.4, -0.2) is 12.5 Å². The Morgan fingerprint density at radius 2 is 1.95 bits per heavy atom. The normalized spacial score (nSPS) is 10.1. The summed E-state index contributed by atoms with van der Waals surface area (Å²) in [4.78, 5) is 11.7. The average molecular weight is 339 g/mol. The van der Waals surface area contributed by atoms with E-state index in [4.69, 9.17) is 10.5 Å². The zero-order chi connectivity index (χ0) is 14.5. The molecular formula is C14H12BrFN2O2. The van der Waals surface area contributed by atoms with E-state index in [0.29, 0.717) is 17.1 Å². The second-order valence-corrected chi connectivity index (χ2v) is 4.94. The minimum atomic E-state index is -0.359. The standard InChI is InChI=1S/C14H12BrFN2O2/c15-9-1-6-13(12(17)7-9)20-8-14(19)18-11-4-2-10(16)3-5-11/h1-7H,8,17H2,(H,18,19). The molecule has 20 heavy (non-hydrogen) atoms. The molecular weight excluding hydrogens is 327 g/mol. The van der Waals surface area contributed by atoms with Crippen LogP contribution in [0, 0.1) is 5.82 Å². The molecule has 0 aromatic heterocycles. The van der Waals surface area contributed by atoms with Gasteiger partial charge in [0.25, 0.3) is 5.91 Å². The number of rotatable bonds is 4. The van der Waals surface area contributed by atoms with Gasteiger partial charge in [-0.25, -0.2) is 4.39 Å². The van der Waals surface area contributed by atoms with Crippen molar-refractivity contribution in [2.75, 3.05) is 17.7 Å². The van der Waals surface area contributed by atoms with Crippen LogP contribution in [0.25, 0.3) is 0 Å². The highest BCUT2D eigenvalue weighted by atomic mass is 79.9. The molecule has 0 bridgehead atoms. The Bertz CT molecular complexity index is 617. The SMILES string of the molecule is Nc1cc(Br)ccc1OCC(=O)Nc1ccc(F)cc1. The number of nitrogens with one attached hydrogen (secondary N) is 1. The number of nitrogen functional groups attached to an aromatic ring is 1. The molecule has 0 fully saturated rings. The van der Waals surface area contributed by atoms with Crippen molar-refractivity contribution >= 4 is 33.2 Å². The summed E-state index contributed by atoms with van der Waals surface area (Å²) in [5.74, 6) is -0.275. The van der Waals surface area contributed by atoms with Crippen molar-refractivity contribution in [3.8, 4) is 5.75 Å². The molecule has 0 radical (unpaired) electrons. The maximum atomic E-state index is 12.7. The van der Waals surface area contributed by atoms with Crippen molar-refractivity contribution in [3.63, 3.8) is 0 Å². The summed E-state index contributed by atoms with van der Waals surface area (Å²) in [5.41, 5.74) is 6.69. The molecule has 2 aromatic rings. The lowest BCUT2D eigenvalue weighted by Crippen LogP contribution is -2.20. The maximum absolute atomic E-state index is 12.7. The monoisotopic (exact) mass is 338 g/mol. The first-order valence-corrected chi connectivity index (χ1v) is 6.57. The van der Waals surface area contributed by atoms with E-state index in [9.17, 15) is 9.18 Å². The van der Waals surface area contributed by atoms with Gasteiger partial charge in [0.15, 0.2) is 6.61 Å². The molecule has 0 aliphatic carbocycles. The number of hydrogen-bond donors (Lipinski definition) is 2. The quantitative estimate of drug-likeness (QED) is 0.841. The highest BCUT2D eigenvalue weighted by Gasteiger charge is 2.06. The van der Waals surface area contributed by atoms with Crippen LogP contribution < -0.4 is 15.8 Å². The smallest absolute Gasteiger partial charge is 0.262 e. The van der Waals surface area contributed by atoms with Gasteiger partial charge in [-0.05, 0) is 42.5 Å². The van der Waals surface area contributed by atoms with E-state index in [2.05, 4.69) is 21.2 Å². The number of hydrogen-bond acceptors (Lipinski definition) is 3. The van der Waals surface area contributed by atoms with Gasteiger partial charge in [-0.2, -0.15) is 0 Å². The van der Waals surface area contributed by atoms with Crippen LogP contribution in [0.1, 0.15) is 0 Å². The van der Waals surface area contributed by atoms with E-state index in [1.54, 1.807) is 18.2 Å². The van der Waals surface area contributed by atoms with E-state index in [1.165, 1.54) is 24.3 Å². The number of carbonyl (C=O) groups is 1. The minimum absolute atomic E-state index is 0.177. The molecule has 1 amide bonds. The van der Waals surface area contributed by atoms with Gasteiger partial charge in [-0.15, -0.1) is 0 Å². The van der Waals surface area contributed by atoms with Gasteiger partial charge in [0.05, 0.1) is 5.69 Å². The van der Waals surface area contributed by atoms with Crippen LogP contribution in [0.15, 0.2) is 46.9 Å². The first kappa shape index (κ1) is 14.3. The summed E-state index contributed by atoms with van der Waals surface area (Å²) in [7, 11) is 0. The summed E-state index contributed by atoms with van der Waals surface area (Å²) in [6.07, 6.45) is 0. The predicted octanol–water partition coefficient (Wildman–Crippen LogP) is 3.19. The van der Waals surface area contributed by atoms with E-state index >= 15 is 0 Å². The van der Waals surface area contributed by atoms with Gasteiger partial charge >= 0.3 is 0 Å². The van der Waals surface area contributed by atoms with E-state index in [1.807, 2.05) is 0 Å². The van der Waals surface area contributed by atoms with Gasteiger partial charge in [-0.3, -0.25) is 4.79 Å². The second kappa shape index (κ2) is 6.38. The fourth-order valence-corrected chi connectivity index (χ4v) is 1.90. The Morgan fingerprint density at radius 1 is 1.25 bits per heavy atom. The van der Waals surface area contributed by atoms with E-state index in [-0.39, 0.29) is 18.3 Å². The number of carbonyl (C=O) groups excluding carboxylic acids is 1. The lowest BCUT2D eigenvalue weighted by Gasteiger charge is -2.09. The van der Waals surface area contributed by atoms with Gasteiger partial charge in [0.1, 0.15) is 11.6 Å². The van der Waals surface area contributed by atoms with Gasteiger partial charge in [0.2, 0.25) is 0 Å². The van der Waals surface area contributed by atoms with Gasteiger partial charge in [-0.1, -0.05) is 15.9 Å². The Morgan fingerprint density at radius 3 is 2.60 bits per heavy atom. The number of benzene rings is 2. The number of amides is 1. The molecule has 104 valence electrons. The highest BCUT2D eigenvalue weighted by molar-refractivity contribution is 9.10. The maximum Gasteiger partial charge on any atom is 0.262 e. The molecule has 0 saturated heterocycles. The molecule has 0 spiro atoms. The predicted molar refractivity (Wildman–Crippen MR) is 79.1 cm³/mol. The lowest BCUT2D eigenvalue weighted by molar-refractivity contribution is -0.118. The fraction of sp³-hybridized carbons (Fsp3) is 0.0714. The van der Waals surface area contributed by atoms with Crippen LogP contribution in [0.3, 0.4) is 0 Å². The summed E-state index contributed by atoms with van der Waals surface area (Å²) >= 11 is 3.28. The van der Waals surface area contributed by atoms with Crippen molar-refractivity contribution in [1.82, 2.24) is 0 Å². The Balaban J connectivity index is 1.90. The molecule has 3 N–H and O–H groups in total. The summed E-state index contributed by atoms with van der Waals surface area (Å²) in [6, 6.07) is 10.6. The molecule has 0 saturated carbocycles. The summed E-state index contributed by atoms with van der Waals surface area (Å²) < 4.78 is 18.9. The van der Waals surface area contributed by atoms with Crippen molar-refractivity contribution in [3.05, 3.63) is 52.8 Å².